The van der Waals surface area contributed by atoms with Crippen molar-refractivity contribution in [3.63, 3.8) is 0 Å². The van der Waals surface area contributed by atoms with Crippen LogP contribution in [0.1, 0.15) is 25.8 Å². The summed E-state index contributed by atoms with van der Waals surface area (Å²) in [5.74, 6) is 0.184. The van der Waals surface area contributed by atoms with E-state index >= 15 is 0 Å². The van der Waals surface area contributed by atoms with Crippen molar-refractivity contribution in [1.29, 1.82) is 0 Å². The lowest BCUT2D eigenvalue weighted by Crippen LogP contribution is -2.48. The van der Waals surface area contributed by atoms with Gasteiger partial charge in [-0.3, -0.25) is 0 Å². The van der Waals surface area contributed by atoms with E-state index in [2.05, 4.69) is 62.5 Å². The van der Waals surface area contributed by atoms with E-state index in [1.807, 2.05) is 31.2 Å². The zero-order valence-electron chi connectivity index (χ0n) is 17.6. The maximum Gasteiger partial charge on any atom is 0.240 e. The molecule has 0 aliphatic heterocycles. The van der Waals surface area contributed by atoms with Gasteiger partial charge in [-0.05, 0) is 36.9 Å². The van der Waals surface area contributed by atoms with Crippen molar-refractivity contribution in [2.24, 2.45) is 5.92 Å². The van der Waals surface area contributed by atoms with Crippen molar-refractivity contribution in [1.82, 2.24) is 4.72 Å². The van der Waals surface area contributed by atoms with Gasteiger partial charge in [0.05, 0.1) is 13.0 Å². The van der Waals surface area contributed by atoms with Gasteiger partial charge in [-0.1, -0.05) is 86.2 Å². The molecule has 1 N–H and O–H groups in total. The minimum Gasteiger partial charge on any atom is -0.208 e. The van der Waals surface area contributed by atoms with Crippen LogP contribution < -0.4 is 9.91 Å². The monoisotopic (exact) mass is 415 g/mol. The van der Waals surface area contributed by atoms with Crippen LogP contribution in [-0.2, 0) is 10.0 Å². The molecule has 0 radical (unpaired) electrons. The summed E-state index contributed by atoms with van der Waals surface area (Å²) in [5, 5.41) is 1.36. The van der Waals surface area contributed by atoms with Crippen molar-refractivity contribution in [2.45, 2.75) is 56.8 Å². The van der Waals surface area contributed by atoms with Gasteiger partial charge in [-0.2, -0.15) is 0 Å². The van der Waals surface area contributed by atoms with Gasteiger partial charge in [-0.25, -0.2) is 13.1 Å². The van der Waals surface area contributed by atoms with Crippen LogP contribution in [0.25, 0.3) is 0 Å². The summed E-state index contributed by atoms with van der Waals surface area (Å²) in [4.78, 5) is 0.318. The quantitative estimate of drug-likeness (QED) is 0.469. The van der Waals surface area contributed by atoms with E-state index in [0.717, 1.165) is 12.0 Å². The van der Waals surface area contributed by atoms with Crippen LogP contribution in [0, 0.1) is 12.8 Å². The number of hydrogen-bond donors (Lipinski definition) is 1. The predicted molar refractivity (Wildman–Crippen MR) is 122 cm³/mol. The van der Waals surface area contributed by atoms with E-state index in [-0.39, 0.29) is 17.5 Å². The van der Waals surface area contributed by atoms with Crippen molar-refractivity contribution in [3.8, 4) is 0 Å². The maximum atomic E-state index is 12.9. The summed E-state index contributed by atoms with van der Waals surface area (Å²) in [7, 11) is -5.39. The molecule has 0 bridgehead atoms. The minimum atomic E-state index is -3.55. The molecule has 2 rings (SSSR count). The minimum absolute atomic E-state index is 0.148. The second-order valence-electron chi connectivity index (χ2n) is 8.45. The molecule has 0 saturated carbocycles. The molecule has 2 aromatic carbocycles. The highest BCUT2D eigenvalue weighted by molar-refractivity contribution is 7.89. The van der Waals surface area contributed by atoms with Gasteiger partial charge in [0, 0.05) is 6.04 Å². The summed E-state index contributed by atoms with van der Waals surface area (Å²) in [6.45, 7) is 14.8. The maximum absolute atomic E-state index is 12.9. The van der Waals surface area contributed by atoms with Gasteiger partial charge in [0.2, 0.25) is 10.0 Å². The predicted octanol–water partition coefficient (Wildman–Crippen LogP) is 4.86. The number of nitrogens with one attached hydrogen (secondary N) is 1. The topological polar surface area (TPSA) is 46.2 Å². The Bertz CT molecular complexity index is 875. The fraction of sp³-hybridized carbons (Fsp3) is 0.391. The first-order chi connectivity index (χ1) is 13.1. The van der Waals surface area contributed by atoms with Gasteiger partial charge in [0.1, 0.15) is 0 Å². The Morgan fingerprint density at radius 2 is 1.61 bits per heavy atom. The highest BCUT2D eigenvalue weighted by atomic mass is 32.2. The van der Waals surface area contributed by atoms with E-state index < -0.39 is 18.1 Å². The Kier molecular flexibility index (Phi) is 7.43. The molecule has 152 valence electrons. The number of benzene rings is 2. The first-order valence-corrected chi connectivity index (χ1v) is 14.4. The average Bonchev–Trinajstić information content (AvgIpc) is 2.65. The molecule has 0 spiro atoms. The number of allylic oxidation sites excluding steroid dienone is 1. The molecule has 0 aliphatic carbocycles. The molecular weight excluding hydrogens is 382 g/mol. The molecule has 0 unspecified atom stereocenters. The molecule has 0 aliphatic rings. The van der Waals surface area contributed by atoms with Gasteiger partial charge in [0.25, 0.3) is 0 Å². The number of aryl methyl sites for hydroxylation is 1. The van der Waals surface area contributed by atoms with E-state index in [0.29, 0.717) is 4.90 Å². The Balaban J connectivity index is 2.25. The third-order valence-corrected chi connectivity index (χ3v) is 11.3. The zero-order chi connectivity index (χ0) is 20.9. The Morgan fingerprint density at radius 1 is 1.04 bits per heavy atom. The molecular formula is C23H33NO2SSi. The van der Waals surface area contributed by atoms with E-state index in [4.69, 9.17) is 0 Å². The smallest absolute Gasteiger partial charge is 0.208 e. The fourth-order valence-electron chi connectivity index (χ4n) is 3.48. The first kappa shape index (κ1) is 22.6. The van der Waals surface area contributed by atoms with E-state index in [1.165, 1.54) is 5.19 Å². The first-order valence-electron chi connectivity index (χ1n) is 9.85. The summed E-state index contributed by atoms with van der Waals surface area (Å²) in [5.41, 5.74) is 1.31. The zero-order valence-corrected chi connectivity index (χ0v) is 19.5. The molecule has 2 atom stereocenters. The summed E-state index contributed by atoms with van der Waals surface area (Å²) in [6.07, 6.45) is 2.77. The van der Waals surface area contributed by atoms with Gasteiger partial charge in [-0.15, -0.1) is 6.58 Å². The highest BCUT2D eigenvalue weighted by Crippen LogP contribution is 2.30. The fourth-order valence-corrected chi connectivity index (χ4v) is 7.79. The van der Waals surface area contributed by atoms with Crippen LogP contribution in [0.2, 0.25) is 18.6 Å². The highest BCUT2D eigenvalue weighted by Gasteiger charge is 2.35. The second-order valence-corrected chi connectivity index (χ2v) is 14.9. The molecule has 2 aromatic rings. The van der Waals surface area contributed by atoms with Crippen LogP contribution >= 0.6 is 0 Å². The molecule has 5 heteroatoms. The molecule has 0 fully saturated rings. The Morgan fingerprint density at radius 3 is 2.11 bits per heavy atom. The van der Waals surface area contributed by atoms with Crippen molar-refractivity contribution >= 4 is 23.3 Å². The lowest BCUT2D eigenvalue weighted by Gasteiger charge is -2.35. The van der Waals surface area contributed by atoms with Crippen LogP contribution in [0.15, 0.2) is 72.1 Å². The molecule has 3 nitrogen and oxygen atoms in total. The standard InChI is InChI=1S/C23H33NO2SSi/c1-7-21(28(5,6)22-11-9-8-10-12-22)17-23(18(2)3)24-27(25,26)20-15-13-19(4)14-16-20/h7-16,18,21,23-24H,1,17H2,2-6H3/t21-,23+/m0/s1. The van der Waals surface area contributed by atoms with Crippen molar-refractivity contribution < 1.29 is 8.42 Å². The second kappa shape index (κ2) is 9.20. The normalized spacial score (nSPS) is 14.6. The number of hydrogen-bond acceptors (Lipinski definition) is 2. The Hall–Kier alpha value is -1.69. The molecule has 0 saturated heterocycles. The van der Waals surface area contributed by atoms with Crippen molar-refractivity contribution in [3.05, 3.63) is 72.8 Å². The SMILES string of the molecule is C=C[C@@H](C[C@@H](NS(=O)(=O)c1ccc(C)cc1)C(C)C)[Si](C)(C)c1ccccc1. The Labute approximate surface area is 172 Å². The van der Waals surface area contributed by atoms with Crippen LogP contribution in [-0.4, -0.2) is 22.5 Å². The van der Waals surface area contributed by atoms with Gasteiger partial charge >= 0.3 is 0 Å². The summed E-state index contributed by atoms with van der Waals surface area (Å²) < 4.78 is 28.8. The van der Waals surface area contributed by atoms with Gasteiger partial charge in [0.15, 0.2) is 0 Å². The molecule has 0 aromatic heterocycles. The van der Waals surface area contributed by atoms with Crippen LogP contribution in [0.3, 0.4) is 0 Å². The molecule has 0 heterocycles. The molecule has 0 amide bonds. The van der Waals surface area contributed by atoms with Crippen LogP contribution in [0.4, 0.5) is 0 Å². The largest absolute Gasteiger partial charge is 0.240 e. The lowest BCUT2D eigenvalue weighted by atomic mass is 10.0. The van der Waals surface area contributed by atoms with Crippen molar-refractivity contribution in [2.75, 3.05) is 0 Å². The average molecular weight is 416 g/mol. The van der Waals surface area contributed by atoms with E-state index in [9.17, 15) is 8.42 Å². The van der Waals surface area contributed by atoms with E-state index in [1.54, 1.807) is 12.1 Å². The third kappa shape index (κ3) is 5.43. The molecule has 28 heavy (non-hydrogen) atoms. The number of sulfonamides is 1. The van der Waals surface area contributed by atoms with Gasteiger partial charge < -0.3 is 0 Å². The summed E-state index contributed by atoms with van der Waals surface area (Å²) >= 11 is 0. The summed E-state index contributed by atoms with van der Waals surface area (Å²) in [6, 6.07) is 17.4. The third-order valence-electron chi connectivity index (χ3n) is 5.68. The number of rotatable bonds is 9. The van der Waals surface area contributed by atoms with Crippen LogP contribution in [0.5, 0.6) is 0 Å². The lowest BCUT2D eigenvalue weighted by molar-refractivity contribution is 0.424.